The lowest BCUT2D eigenvalue weighted by Crippen LogP contribution is -2.19. The van der Waals surface area contributed by atoms with Crippen LogP contribution in [0.25, 0.3) is 0 Å². The summed E-state index contributed by atoms with van der Waals surface area (Å²) in [4.78, 5) is 0. The number of hydrogen-bond donors (Lipinski definition) is 0. The zero-order chi connectivity index (χ0) is 12.1. The number of hydrogen-bond acceptors (Lipinski definition) is 5. The van der Waals surface area contributed by atoms with E-state index in [2.05, 4.69) is 0 Å². The standard InChI is InChI=1S/C12H16O5/c1-13-12(14-2)7-15-6-9-3-4-10-11(5-9)17-8-16-10/h3-5,12H,6-8H2,1-2H3. The number of methoxy groups -OCH3 is 2. The maximum atomic E-state index is 5.48. The molecule has 0 N–H and O–H groups in total. The summed E-state index contributed by atoms with van der Waals surface area (Å²) in [5.41, 5.74) is 1.03. The van der Waals surface area contributed by atoms with Gasteiger partial charge in [0.1, 0.15) is 0 Å². The average Bonchev–Trinajstić information content (AvgIpc) is 2.82. The minimum Gasteiger partial charge on any atom is -0.454 e. The number of rotatable bonds is 6. The minimum atomic E-state index is -0.330. The second-order valence-electron chi connectivity index (χ2n) is 3.60. The summed E-state index contributed by atoms with van der Waals surface area (Å²) in [6.45, 7) is 1.16. The third-order valence-corrected chi connectivity index (χ3v) is 2.49. The Morgan fingerprint density at radius 2 is 1.94 bits per heavy atom. The summed E-state index contributed by atoms with van der Waals surface area (Å²) in [5.74, 6) is 1.54. The molecule has 17 heavy (non-hydrogen) atoms. The zero-order valence-corrected chi connectivity index (χ0v) is 9.97. The smallest absolute Gasteiger partial charge is 0.231 e. The topological polar surface area (TPSA) is 46.2 Å². The molecule has 1 aliphatic rings. The molecule has 5 nitrogen and oxygen atoms in total. The third-order valence-electron chi connectivity index (χ3n) is 2.49. The number of benzene rings is 1. The van der Waals surface area contributed by atoms with Crippen molar-refractivity contribution in [2.24, 2.45) is 0 Å². The van der Waals surface area contributed by atoms with Gasteiger partial charge in [0.15, 0.2) is 17.8 Å². The highest BCUT2D eigenvalue weighted by Crippen LogP contribution is 2.32. The van der Waals surface area contributed by atoms with Gasteiger partial charge >= 0.3 is 0 Å². The van der Waals surface area contributed by atoms with Crippen molar-refractivity contribution in [3.63, 3.8) is 0 Å². The van der Waals surface area contributed by atoms with Crippen LogP contribution in [0.2, 0.25) is 0 Å². The summed E-state index contributed by atoms with van der Waals surface area (Å²) in [7, 11) is 3.16. The largest absolute Gasteiger partial charge is 0.454 e. The summed E-state index contributed by atoms with van der Waals surface area (Å²) >= 11 is 0. The van der Waals surface area contributed by atoms with Gasteiger partial charge in [-0.3, -0.25) is 0 Å². The molecule has 94 valence electrons. The van der Waals surface area contributed by atoms with E-state index < -0.39 is 0 Å². The molecular weight excluding hydrogens is 224 g/mol. The molecule has 0 unspecified atom stereocenters. The summed E-state index contributed by atoms with van der Waals surface area (Å²) in [6.07, 6.45) is -0.330. The van der Waals surface area contributed by atoms with Crippen LogP contribution in [-0.4, -0.2) is 33.9 Å². The van der Waals surface area contributed by atoms with Gasteiger partial charge in [-0.25, -0.2) is 0 Å². The predicted molar refractivity (Wildman–Crippen MR) is 60.0 cm³/mol. The maximum Gasteiger partial charge on any atom is 0.231 e. The zero-order valence-electron chi connectivity index (χ0n) is 9.97. The van der Waals surface area contributed by atoms with E-state index in [1.165, 1.54) is 0 Å². The lowest BCUT2D eigenvalue weighted by molar-refractivity contribution is -0.142. The molecule has 0 saturated heterocycles. The number of ether oxygens (including phenoxy) is 5. The van der Waals surface area contributed by atoms with E-state index in [4.69, 9.17) is 23.7 Å². The Labute approximate surface area is 100 Å². The first-order valence-corrected chi connectivity index (χ1v) is 5.35. The monoisotopic (exact) mass is 240 g/mol. The van der Waals surface area contributed by atoms with Crippen molar-refractivity contribution >= 4 is 0 Å². The van der Waals surface area contributed by atoms with E-state index in [9.17, 15) is 0 Å². The quantitative estimate of drug-likeness (QED) is 0.706. The summed E-state index contributed by atoms with van der Waals surface area (Å²) in [5, 5.41) is 0. The molecule has 0 atom stereocenters. The Morgan fingerprint density at radius 3 is 2.71 bits per heavy atom. The van der Waals surface area contributed by atoms with Crippen LogP contribution >= 0.6 is 0 Å². The van der Waals surface area contributed by atoms with Gasteiger partial charge in [-0.15, -0.1) is 0 Å². The molecule has 0 aliphatic carbocycles. The van der Waals surface area contributed by atoms with Crippen molar-refractivity contribution in [2.75, 3.05) is 27.6 Å². The fourth-order valence-corrected chi connectivity index (χ4v) is 1.54. The Hall–Kier alpha value is -1.30. The Kier molecular flexibility index (Phi) is 4.19. The fourth-order valence-electron chi connectivity index (χ4n) is 1.54. The Balaban J connectivity index is 1.83. The van der Waals surface area contributed by atoms with Crippen LogP contribution < -0.4 is 9.47 Å². The molecule has 5 heteroatoms. The molecule has 1 aromatic rings. The van der Waals surface area contributed by atoms with Crippen molar-refractivity contribution in [3.05, 3.63) is 23.8 Å². The first-order valence-electron chi connectivity index (χ1n) is 5.35. The van der Waals surface area contributed by atoms with Crippen LogP contribution in [0.5, 0.6) is 11.5 Å². The highest BCUT2D eigenvalue weighted by Gasteiger charge is 2.13. The van der Waals surface area contributed by atoms with Gasteiger partial charge in [-0.2, -0.15) is 0 Å². The van der Waals surface area contributed by atoms with Crippen molar-refractivity contribution in [3.8, 4) is 11.5 Å². The van der Waals surface area contributed by atoms with Crippen molar-refractivity contribution in [1.29, 1.82) is 0 Å². The van der Waals surface area contributed by atoms with Gasteiger partial charge in [0.05, 0.1) is 13.2 Å². The third kappa shape index (κ3) is 3.09. The molecular formula is C12H16O5. The molecule has 1 heterocycles. The number of fused-ring (bicyclic) bond motifs is 1. The molecule has 2 rings (SSSR count). The molecule has 0 spiro atoms. The summed E-state index contributed by atoms with van der Waals surface area (Å²) in [6, 6.07) is 5.74. The van der Waals surface area contributed by atoms with Gasteiger partial charge in [0.25, 0.3) is 0 Å². The second kappa shape index (κ2) is 5.86. The molecule has 0 fully saturated rings. The molecule has 0 saturated carbocycles. The molecule has 0 amide bonds. The lowest BCUT2D eigenvalue weighted by atomic mass is 10.2. The van der Waals surface area contributed by atoms with Crippen LogP contribution in [0.3, 0.4) is 0 Å². The molecule has 1 aromatic carbocycles. The normalized spacial score (nSPS) is 13.4. The van der Waals surface area contributed by atoms with Crippen LogP contribution in [-0.2, 0) is 20.8 Å². The van der Waals surface area contributed by atoms with Gasteiger partial charge < -0.3 is 23.7 Å². The van der Waals surface area contributed by atoms with Crippen LogP contribution in [0.1, 0.15) is 5.56 Å². The minimum absolute atomic E-state index is 0.287. The van der Waals surface area contributed by atoms with Gasteiger partial charge in [-0.05, 0) is 17.7 Å². The molecule has 0 bridgehead atoms. The first-order chi connectivity index (χ1) is 8.33. The van der Waals surface area contributed by atoms with E-state index in [-0.39, 0.29) is 13.1 Å². The Morgan fingerprint density at radius 1 is 1.18 bits per heavy atom. The molecule has 0 aromatic heterocycles. The van der Waals surface area contributed by atoms with E-state index in [1.807, 2.05) is 18.2 Å². The highest BCUT2D eigenvalue weighted by atomic mass is 16.7. The van der Waals surface area contributed by atoms with Crippen molar-refractivity contribution in [2.45, 2.75) is 12.9 Å². The Bertz CT molecular complexity index is 362. The average molecular weight is 240 g/mol. The van der Waals surface area contributed by atoms with E-state index in [1.54, 1.807) is 14.2 Å². The van der Waals surface area contributed by atoms with E-state index >= 15 is 0 Å². The second-order valence-corrected chi connectivity index (χ2v) is 3.60. The van der Waals surface area contributed by atoms with Crippen LogP contribution in [0.4, 0.5) is 0 Å². The lowest BCUT2D eigenvalue weighted by Gasteiger charge is -2.13. The highest BCUT2D eigenvalue weighted by molar-refractivity contribution is 5.44. The summed E-state index contributed by atoms with van der Waals surface area (Å²) < 4.78 is 26.0. The van der Waals surface area contributed by atoms with Crippen molar-refractivity contribution in [1.82, 2.24) is 0 Å². The van der Waals surface area contributed by atoms with Gasteiger partial charge in [-0.1, -0.05) is 6.07 Å². The van der Waals surface area contributed by atoms with Gasteiger partial charge in [0, 0.05) is 14.2 Å². The SMILES string of the molecule is COC(COCc1ccc2c(c1)OCO2)OC. The predicted octanol–water partition coefficient (Wildman–Crippen LogP) is 1.55. The van der Waals surface area contributed by atoms with Gasteiger partial charge in [0.2, 0.25) is 6.79 Å². The molecule has 1 aliphatic heterocycles. The van der Waals surface area contributed by atoms with Crippen LogP contribution in [0.15, 0.2) is 18.2 Å². The fraction of sp³-hybridized carbons (Fsp3) is 0.500. The maximum absolute atomic E-state index is 5.48. The first kappa shape index (κ1) is 12.2. The van der Waals surface area contributed by atoms with Crippen molar-refractivity contribution < 1.29 is 23.7 Å². The molecule has 0 radical (unpaired) electrons. The van der Waals surface area contributed by atoms with Crippen LogP contribution in [0, 0.1) is 0 Å². The van der Waals surface area contributed by atoms with E-state index in [0.717, 1.165) is 17.1 Å². The van der Waals surface area contributed by atoms with E-state index in [0.29, 0.717) is 13.2 Å².